The van der Waals surface area contributed by atoms with Crippen LogP contribution in [0.5, 0.6) is 0 Å². The van der Waals surface area contributed by atoms with Crippen molar-refractivity contribution >= 4 is 29.3 Å². The average molecular weight is 373 g/mol. The first-order valence-electron chi connectivity index (χ1n) is 8.86. The molecule has 26 heavy (non-hydrogen) atoms. The zero-order valence-corrected chi connectivity index (χ0v) is 15.8. The van der Waals surface area contributed by atoms with Crippen molar-refractivity contribution in [3.63, 3.8) is 0 Å². The fourth-order valence-electron chi connectivity index (χ4n) is 2.68. The topological polar surface area (TPSA) is 88.9 Å². The van der Waals surface area contributed by atoms with E-state index in [0.717, 1.165) is 17.5 Å². The SMILES string of the molecule is CCNC(=O)c1cccc(NC(=O)CSc2nnc(C3CC3)n2CC)c1. The van der Waals surface area contributed by atoms with E-state index < -0.39 is 0 Å². The minimum absolute atomic E-state index is 0.137. The van der Waals surface area contributed by atoms with E-state index in [-0.39, 0.29) is 17.6 Å². The average Bonchev–Trinajstić information content (AvgIpc) is 3.40. The van der Waals surface area contributed by atoms with Crippen molar-refractivity contribution in [2.24, 2.45) is 0 Å². The number of rotatable bonds is 8. The Hall–Kier alpha value is -2.35. The lowest BCUT2D eigenvalue weighted by Gasteiger charge is -2.08. The Labute approximate surface area is 157 Å². The van der Waals surface area contributed by atoms with Crippen molar-refractivity contribution in [2.75, 3.05) is 17.6 Å². The van der Waals surface area contributed by atoms with Gasteiger partial charge in [0.2, 0.25) is 5.91 Å². The summed E-state index contributed by atoms with van der Waals surface area (Å²) in [6.07, 6.45) is 2.34. The fraction of sp³-hybridized carbons (Fsp3) is 0.444. The number of carbonyl (C=O) groups excluding carboxylic acids is 2. The van der Waals surface area contributed by atoms with Gasteiger partial charge in [0.05, 0.1) is 5.75 Å². The molecule has 0 saturated heterocycles. The van der Waals surface area contributed by atoms with Gasteiger partial charge in [-0.25, -0.2) is 0 Å². The second kappa shape index (κ2) is 8.35. The molecule has 1 aromatic heterocycles. The van der Waals surface area contributed by atoms with Crippen LogP contribution in [0.3, 0.4) is 0 Å². The molecule has 1 aliphatic rings. The third-order valence-electron chi connectivity index (χ3n) is 4.08. The zero-order valence-electron chi connectivity index (χ0n) is 15.0. The van der Waals surface area contributed by atoms with Gasteiger partial charge in [0, 0.05) is 30.3 Å². The molecule has 2 N–H and O–H groups in total. The number of benzene rings is 1. The predicted molar refractivity (Wildman–Crippen MR) is 101 cm³/mol. The monoisotopic (exact) mass is 373 g/mol. The van der Waals surface area contributed by atoms with Crippen LogP contribution in [-0.2, 0) is 11.3 Å². The van der Waals surface area contributed by atoms with E-state index in [1.54, 1.807) is 24.3 Å². The minimum atomic E-state index is -0.151. The second-order valence-electron chi connectivity index (χ2n) is 6.14. The molecule has 0 bridgehead atoms. The summed E-state index contributed by atoms with van der Waals surface area (Å²) in [7, 11) is 0. The number of anilines is 1. The van der Waals surface area contributed by atoms with E-state index in [2.05, 4.69) is 32.3 Å². The van der Waals surface area contributed by atoms with Gasteiger partial charge < -0.3 is 15.2 Å². The van der Waals surface area contributed by atoms with Gasteiger partial charge in [-0.2, -0.15) is 0 Å². The van der Waals surface area contributed by atoms with Crippen molar-refractivity contribution in [1.82, 2.24) is 20.1 Å². The van der Waals surface area contributed by atoms with Gasteiger partial charge in [-0.3, -0.25) is 9.59 Å². The number of amides is 2. The summed E-state index contributed by atoms with van der Waals surface area (Å²) in [6.45, 7) is 5.29. The van der Waals surface area contributed by atoms with Gasteiger partial charge in [-0.15, -0.1) is 10.2 Å². The number of thioether (sulfide) groups is 1. The lowest BCUT2D eigenvalue weighted by Crippen LogP contribution is -2.23. The van der Waals surface area contributed by atoms with Crippen molar-refractivity contribution in [1.29, 1.82) is 0 Å². The summed E-state index contributed by atoms with van der Waals surface area (Å²) in [4.78, 5) is 24.1. The minimum Gasteiger partial charge on any atom is -0.352 e. The second-order valence-corrected chi connectivity index (χ2v) is 7.08. The van der Waals surface area contributed by atoms with Gasteiger partial charge >= 0.3 is 0 Å². The van der Waals surface area contributed by atoms with Crippen LogP contribution in [-0.4, -0.2) is 38.9 Å². The molecule has 0 unspecified atom stereocenters. The van der Waals surface area contributed by atoms with Gasteiger partial charge in [0.25, 0.3) is 5.91 Å². The number of hydrogen-bond acceptors (Lipinski definition) is 5. The maximum atomic E-state index is 12.3. The number of carbonyl (C=O) groups is 2. The quantitative estimate of drug-likeness (QED) is 0.695. The Morgan fingerprint density at radius 1 is 1.27 bits per heavy atom. The fourth-order valence-corrected chi connectivity index (χ4v) is 3.48. The summed E-state index contributed by atoms with van der Waals surface area (Å²) in [5.74, 6) is 1.52. The highest BCUT2D eigenvalue weighted by Gasteiger charge is 2.30. The Bertz CT molecular complexity index is 801. The van der Waals surface area contributed by atoms with Crippen LogP contribution in [0.15, 0.2) is 29.4 Å². The number of nitrogens with one attached hydrogen (secondary N) is 2. The van der Waals surface area contributed by atoms with E-state index in [0.29, 0.717) is 23.7 Å². The van der Waals surface area contributed by atoms with E-state index >= 15 is 0 Å². The molecule has 2 amide bonds. The number of aromatic nitrogens is 3. The third kappa shape index (κ3) is 4.43. The maximum Gasteiger partial charge on any atom is 0.251 e. The summed E-state index contributed by atoms with van der Waals surface area (Å²) >= 11 is 1.38. The van der Waals surface area contributed by atoms with Crippen LogP contribution in [0.2, 0.25) is 0 Å². The Balaban J connectivity index is 1.58. The standard InChI is InChI=1S/C18H23N5O2S/c1-3-19-17(25)13-6-5-7-14(10-13)20-15(24)11-26-18-22-21-16(12-8-9-12)23(18)4-2/h5-7,10,12H,3-4,8-9,11H2,1-2H3,(H,19,25)(H,20,24). The zero-order chi connectivity index (χ0) is 18.5. The first kappa shape index (κ1) is 18.4. The molecule has 7 nitrogen and oxygen atoms in total. The molecule has 0 radical (unpaired) electrons. The molecule has 1 aromatic carbocycles. The van der Waals surface area contributed by atoms with Crippen LogP contribution >= 0.6 is 11.8 Å². The molecule has 2 aromatic rings. The maximum absolute atomic E-state index is 12.3. The highest BCUT2D eigenvalue weighted by Crippen LogP contribution is 2.39. The van der Waals surface area contributed by atoms with E-state index in [1.165, 1.54) is 24.6 Å². The van der Waals surface area contributed by atoms with Crippen molar-refractivity contribution in [3.8, 4) is 0 Å². The Morgan fingerprint density at radius 3 is 2.77 bits per heavy atom. The normalized spacial score (nSPS) is 13.5. The molecule has 1 fully saturated rings. The first-order chi connectivity index (χ1) is 12.6. The molecular formula is C18H23N5O2S. The predicted octanol–water partition coefficient (Wildman–Crippen LogP) is 2.66. The molecule has 0 spiro atoms. The summed E-state index contributed by atoms with van der Waals surface area (Å²) in [5, 5.41) is 14.9. The van der Waals surface area contributed by atoms with Crippen LogP contribution in [0.4, 0.5) is 5.69 Å². The van der Waals surface area contributed by atoms with Gasteiger partial charge in [-0.1, -0.05) is 17.8 Å². The summed E-state index contributed by atoms with van der Waals surface area (Å²) in [6, 6.07) is 6.92. The molecule has 1 saturated carbocycles. The summed E-state index contributed by atoms with van der Waals surface area (Å²) in [5.41, 5.74) is 1.13. The molecule has 138 valence electrons. The molecule has 0 aliphatic heterocycles. The van der Waals surface area contributed by atoms with E-state index in [1.807, 2.05) is 6.92 Å². The highest BCUT2D eigenvalue weighted by molar-refractivity contribution is 7.99. The van der Waals surface area contributed by atoms with Gasteiger partial charge in [0.15, 0.2) is 5.16 Å². The molecule has 8 heteroatoms. The lowest BCUT2D eigenvalue weighted by molar-refractivity contribution is -0.113. The van der Waals surface area contributed by atoms with Crippen LogP contribution in [0.1, 0.15) is 48.8 Å². The molecule has 1 heterocycles. The lowest BCUT2D eigenvalue weighted by atomic mass is 10.2. The Kier molecular flexibility index (Phi) is 5.92. The van der Waals surface area contributed by atoms with Crippen molar-refractivity contribution in [2.45, 2.75) is 44.3 Å². The number of hydrogen-bond donors (Lipinski definition) is 2. The smallest absolute Gasteiger partial charge is 0.251 e. The number of nitrogens with zero attached hydrogens (tertiary/aromatic N) is 3. The highest BCUT2D eigenvalue weighted by atomic mass is 32.2. The van der Waals surface area contributed by atoms with Crippen molar-refractivity contribution in [3.05, 3.63) is 35.7 Å². The third-order valence-corrected chi connectivity index (χ3v) is 5.05. The molecular weight excluding hydrogens is 350 g/mol. The van der Waals surface area contributed by atoms with Gasteiger partial charge in [-0.05, 0) is 44.9 Å². The largest absolute Gasteiger partial charge is 0.352 e. The molecule has 0 atom stereocenters. The first-order valence-corrected chi connectivity index (χ1v) is 9.85. The molecule has 1 aliphatic carbocycles. The molecule has 3 rings (SSSR count). The van der Waals surface area contributed by atoms with Crippen LogP contribution in [0, 0.1) is 0 Å². The van der Waals surface area contributed by atoms with E-state index in [9.17, 15) is 9.59 Å². The van der Waals surface area contributed by atoms with Gasteiger partial charge in [0.1, 0.15) is 5.82 Å². The summed E-state index contributed by atoms with van der Waals surface area (Å²) < 4.78 is 2.09. The van der Waals surface area contributed by atoms with Crippen LogP contribution < -0.4 is 10.6 Å². The van der Waals surface area contributed by atoms with Crippen LogP contribution in [0.25, 0.3) is 0 Å². The van der Waals surface area contributed by atoms with E-state index in [4.69, 9.17) is 0 Å². The van der Waals surface area contributed by atoms with Crippen molar-refractivity contribution < 1.29 is 9.59 Å². The Morgan fingerprint density at radius 2 is 2.08 bits per heavy atom.